The van der Waals surface area contributed by atoms with Gasteiger partial charge in [0.1, 0.15) is 5.75 Å². The van der Waals surface area contributed by atoms with Gasteiger partial charge >= 0.3 is 0 Å². The third kappa shape index (κ3) is 4.31. The van der Waals surface area contributed by atoms with Crippen LogP contribution in [0.2, 0.25) is 0 Å². The van der Waals surface area contributed by atoms with Gasteiger partial charge in [-0.15, -0.1) is 0 Å². The van der Waals surface area contributed by atoms with Crippen molar-refractivity contribution in [1.82, 2.24) is 0 Å². The second-order valence-corrected chi connectivity index (χ2v) is 5.26. The van der Waals surface area contributed by atoms with E-state index in [1.807, 2.05) is 12.1 Å². The maximum Gasteiger partial charge on any atom is 0.133 e. The third-order valence-electron chi connectivity index (χ3n) is 1.70. The molecule has 4 heteroatoms. The van der Waals surface area contributed by atoms with E-state index in [1.54, 1.807) is 0 Å². The zero-order chi connectivity index (χ0) is 10.4. The Bertz CT molecular complexity index is 289. The van der Waals surface area contributed by atoms with Crippen molar-refractivity contribution in [3.05, 3.63) is 25.3 Å². The molecule has 14 heavy (non-hydrogen) atoms. The van der Waals surface area contributed by atoms with Gasteiger partial charge < -0.3 is 9.84 Å². The molecule has 0 aliphatic carbocycles. The lowest BCUT2D eigenvalue weighted by atomic mass is 10.3. The fraction of sp³-hybridized carbons (Fsp3) is 0.400. The molecule has 0 aromatic heterocycles. The Morgan fingerprint density at radius 1 is 1.21 bits per heavy atom. The standard InChI is InChI=1S/C10H12I2O2/c11-8-3-4-9(12)10(7-8)14-6-2-1-5-13/h3-4,7,13H,1-2,5-6H2. The summed E-state index contributed by atoms with van der Waals surface area (Å²) in [5, 5.41) is 8.60. The molecule has 1 aromatic rings. The monoisotopic (exact) mass is 418 g/mol. The quantitative estimate of drug-likeness (QED) is 0.589. The van der Waals surface area contributed by atoms with Crippen molar-refractivity contribution in [1.29, 1.82) is 0 Å². The highest BCUT2D eigenvalue weighted by molar-refractivity contribution is 14.1. The van der Waals surface area contributed by atoms with Crippen LogP contribution in [0.15, 0.2) is 18.2 Å². The van der Waals surface area contributed by atoms with Crippen molar-refractivity contribution in [3.8, 4) is 5.75 Å². The molecule has 0 aliphatic heterocycles. The molecule has 1 rings (SSSR count). The van der Waals surface area contributed by atoms with Gasteiger partial charge in [-0.3, -0.25) is 0 Å². The van der Waals surface area contributed by atoms with E-state index in [1.165, 1.54) is 3.57 Å². The fourth-order valence-electron chi connectivity index (χ4n) is 0.984. The van der Waals surface area contributed by atoms with Crippen molar-refractivity contribution in [3.63, 3.8) is 0 Å². The number of hydrogen-bond acceptors (Lipinski definition) is 2. The van der Waals surface area contributed by atoms with Gasteiger partial charge in [0.2, 0.25) is 0 Å². The zero-order valence-electron chi connectivity index (χ0n) is 7.67. The molecule has 2 nitrogen and oxygen atoms in total. The lowest BCUT2D eigenvalue weighted by Crippen LogP contribution is -2.00. The van der Waals surface area contributed by atoms with Gasteiger partial charge in [0.15, 0.2) is 0 Å². The fourth-order valence-corrected chi connectivity index (χ4v) is 1.94. The number of unbranched alkanes of at least 4 members (excludes halogenated alkanes) is 1. The second kappa shape index (κ2) is 6.84. The first-order valence-corrected chi connectivity index (χ1v) is 6.58. The number of benzene rings is 1. The topological polar surface area (TPSA) is 29.5 Å². The Morgan fingerprint density at radius 2 is 2.00 bits per heavy atom. The highest BCUT2D eigenvalue weighted by Crippen LogP contribution is 2.23. The summed E-state index contributed by atoms with van der Waals surface area (Å²) < 4.78 is 7.91. The van der Waals surface area contributed by atoms with Gasteiger partial charge in [0.25, 0.3) is 0 Å². The number of aliphatic hydroxyl groups is 1. The summed E-state index contributed by atoms with van der Waals surface area (Å²) in [4.78, 5) is 0. The van der Waals surface area contributed by atoms with E-state index >= 15 is 0 Å². The largest absolute Gasteiger partial charge is 0.492 e. The van der Waals surface area contributed by atoms with Gasteiger partial charge in [-0.25, -0.2) is 0 Å². The SMILES string of the molecule is OCCCCOc1cc(I)ccc1I. The Labute approximate surface area is 111 Å². The Morgan fingerprint density at radius 3 is 2.71 bits per heavy atom. The van der Waals surface area contributed by atoms with Crippen LogP contribution >= 0.6 is 45.2 Å². The van der Waals surface area contributed by atoms with Crippen LogP contribution in [0.1, 0.15) is 12.8 Å². The minimum Gasteiger partial charge on any atom is -0.492 e. The van der Waals surface area contributed by atoms with E-state index in [2.05, 4.69) is 51.2 Å². The van der Waals surface area contributed by atoms with E-state index in [9.17, 15) is 0 Å². The molecule has 0 bridgehead atoms. The maximum absolute atomic E-state index is 8.60. The van der Waals surface area contributed by atoms with E-state index in [0.29, 0.717) is 6.61 Å². The number of ether oxygens (including phenoxy) is 1. The van der Waals surface area contributed by atoms with E-state index in [4.69, 9.17) is 9.84 Å². The first-order valence-electron chi connectivity index (χ1n) is 4.43. The lowest BCUT2D eigenvalue weighted by Gasteiger charge is -2.07. The molecule has 0 heterocycles. The average Bonchev–Trinajstić information content (AvgIpc) is 2.18. The van der Waals surface area contributed by atoms with Crippen molar-refractivity contribution in [2.24, 2.45) is 0 Å². The number of aliphatic hydroxyl groups excluding tert-OH is 1. The molecular weight excluding hydrogens is 406 g/mol. The summed E-state index contributed by atoms with van der Waals surface area (Å²) in [6.07, 6.45) is 1.71. The zero-order valence-corrected chi connectivity index (χ0v) is 12.0. The van der Waals surface area contributed by atoms with Crippen LogP contribution in [0.4, 0.5) is 0 Å². The van der Waals surface area contributed by atoms with Crippen LogP contribution in [0.5, 0.6) is 5.75 Å². The van der Waals surface area contributed by atoms with Crippen LogP contribution in [0.3, 0.4) is 0 Å². The molecule has 0 aliphatic rings. The second-order valence-electron chi connectivity index (χ2n) is 2.85. The normalized spacial score (nSPS) is 10.2. The Kier molecular flexibility index (Phi) is 6.11. The van der Waals surface area contributed by atoms with E-state index < -0.39 is 0 Å². The minimum atomic E-state index is 0.243. The van der Waals surface area contributed by atoms with Crippen LogP contribution < -0.4 is 4.74 Å². The summed E-state index contributed by atoms with van der Waals surface area (Å²) >= 11 is 4.53. The van der Waals surface area contributed by atoms with E-state index in [-0.39, 0.29) is 6.61 Å². The molecule has 0 unspecified atom stereocenters. The van der Waals surface area contributed by atoms with Crippen molar-refractivity contribution in [2.75, 3.05) is 13.2 Å². The summed E-state index contributed by atoms with van der Waals surface area (Å²) in [6.45, 7) is 0.920. The van der Waals surface area contributed by atoms with E-state index in [0.717, 1.165) is 22.2 Å². The predicted molar refractivity (Wildman–Crippen MR) is 73.7 cm³/mol. The van der Waals surface area contributed by atoms with Crippen LogP contribution in [0, 0.1) is 7.14 Å². The smallest absolute Gasteiger partial charge is 0.133 e. The number of halogens is 2. The van der Waals surface area contributed by atoms with Gasteiger partial charge in [-0.2, -0.15) is 0 Å². The third-order valence-corrected chi connectivity index (χ3v) is 3.27. The van der Waals surface area contributed by atoms with Crippen molar-refractivity contribution in [2.45, 2.75) is 12.8 Å². The van der Waals surface area contributed by atoms with Gasteiger partial charge in [0, 0.05) is 10.2 Å². The molecule has 0 saturated carbocycles. The van der Waals surface area contributed by atoms with Crippen LogP contribution in [-0.2, 0) is 0 Å². The van der Waals surface area contributed by atoms with Gasteiger partial charge in [0.05, 0.1) is 10.2 Å². The van der Waals surface area contributed by atoms with Gasteiger partial charge in [-0.1, -0.05) is 0 Å². The molecular formula is C10H12I2O2. The maximum atomic E-state index is 8.60. The van der Waals surface area contributed by atoms with Crippen LogP contribution in [0.25, 0.3) is 0 Å². The Balaban J connectivity index is 2.45. The summed E-state index contributed by atoms with van der Waals surface area (Å²) in [5.74, 6) is 0.940. The molecule has 0 atom stereocenters. The summed E-state index contributed by atoms with van der Waals surface area (Å²) in [5.41, 5.74) is 0. The molecule has 0 amide bonds. The minimum absolute atomic E-state index is 0.243. The van der Waals surface area contributed by atoms with Crippen molar-refractivity contribution >= 4 is 45.2 Å². The molecule has 0 saturated heterocycles. The first kappa shape index (κ1) is 12.5. The molecule has 1 aromatic carbocycles. The molecule has 78 valence electrons. The molecule has 0 radical (unpaired) electrons. The molecule has 1 N–H and O–H groups in total. The summed E-state index contributed by atoms with van der Waals surface area (Å²) in [7, 11) is 0. The number of rotatable bonds is 5. The highest BCUT2D eigenvalue weighted by atomic mass is 127. The number of hydrogen-bond donors (Lipinski definition) is 1. The first-order chi connectivity index (χ1) is 6.74. The highest BCUT2D eigenvalue weighted by Gasteiger charge is 2.00. The van der Waals surface area contributed by atoms with Crippen LogP contribution in [-0.4, -0.2) is 18.3 Å². The summed E-state index contributed by atoms with van der Waals surface area (Å²) in [6, 6.07) is 6.13. The molecule has 0 fully saturated rings. The molecule has 0 spiro atoms. The van der Waals surface area contributed by atoms with Gasteiger partial charge in [-0.05, 0) is 76.2 Å². The predicted octanol–water partition coefficient (Wildman–Crippen LogP) is 3.05. The van der Waals surface area contributed by atoms with Crippen molar-refractivity contribution < 1.29 is 9.84 Å². The average molecular weight is 418 g/mol. The lowest BCUT2D eigenvalue weighted by molar-refractivity contribution is 0.252. The Hall–Kier alpha value is 0.440.